The van der Waals surface area contributed by atoms with Gasteiger partial charge in [-0.05, 0) is 195 Å². The van der Waals surface area contributed by atoms with Crippen LogP contribution in [0.2, 0.25) is 0 Å². The highest BCUT2D eigenvalue weighted by Gasteiger charge is 2.30. The molecule has 9 rings (SSSR count). The van der Waals surface area contributed by atoms with E-state index in [1.807, 2.05) is 0 Å². The molecule has 8 aromatic carbocycles. The fraction of sp³-hybridized carbons (Fsp3) is 0.170. The predicted octanol–water partition coefficient (Wildman–Crippen LogP) is 14.7. The maximum atomic E-state index is 2.41. The molecule has 1 aliphatic carbocycles. The van der Waals surface area contributed by atoms with E-state index in [4.69, 9.17) is 0 Å². The third-order valence-electron chi connectivity index (χ3n) is 13.0. The van der Waals surface area contributed by atoms with Gasteiger partial charge in [0.2, 0.25) is 0 Å². The Balaban J connectivity index is 1.47. The van der Waals surface area contributed by atoms with Gasteiger partial charge in [-0.15, -0.1) is 0 Å². The summed E-state index contributed by atoms with van der Waals surface area (Å²) in [7, 11) is 0. The van der Waals surface area contributed by atoms with E-state index in [0.29, 0.717) is 0 Å². The molecular formula is C53H46. The van der Waals surface area contributed by atoms with Gasteiger partial charge in [0.15, 0.2) is 0 Å². The monoisotopic (exact) mass is 682 g/mol. The van der Waals surface area contributed by atoms with E-state index in [1.54, 1.807) is 0 Å². The molecule has 0 heteroatoms. The minimum atomic E-state index is 0.982. The number of benzene rings is 8. The standard InChI is InChI=1S/C53H46/c1-30-32(3)36(7)49-47(34(30)5)52(45-23-15-14-21-43(45)40-27-25-39(26-28-40)38-17-10-9-11-18-38)48-35(6)31(2)33(4)37(8)50(48)53(49)46-24-16-20-42-29-41-19-12-13-22-44(41)51(42)46/h9-28H,29H2,1-8H3. The van der Waals surface area contributed by atoms with Crippen molar-refractivity contribution in [3.63, 3.8) is 0 Å². The zero-order valence-electron chi connectivity index (χ0n) is 32.3. The molecule has 0 nitrogen and oxygen atoms in total. The van der Waals surface area contributed by atoms with Crippen molar-refractivity contribution in [3.05, 3.63) is 177 Å². The van der Waals surface area contributed by atoms with Crippen molar-refractivity contribution in [2.24, 2.45) is 0 Å². The van der Waals surface area contributed by atoms with Crippen molar-refractivity contribution in [2.75, 3.05) is 0 Å². The Labute approximate surface area is 314 Å². The summed E-state index contributed by atoms with van der Waals surface area (Å²) in [5.41, 5.74) is 27.1. The lowest BCUT2D eigenvalue weighted by Gasteiger charge is -2.28. The lowest BCUT2D eigenvalue weighted by Crippen LogP contribution is -2.04. The number of hydrogen-bond acceptors (Lipinski definition) is 0. The summed E-state index contributed by atoms with van der Waals surface area (Å²) in [6, 6.07) is 45.1. The zero-order valence-corrected chi connectivity index (χ0v) is 32.3. The molecule has 0 heterocycles. The molecule has 0 N–H and O–H groups in total. The summed E-state index contributed by atoms with van der Waals surface area (Å²) in [5, 5.41) is 5.56. The van der Waals surface area contributed by atoms with Crippen molar-refractivity contribution in [1.82, 2.24) is 0 Å². The number of hydrogen-bond donors (Lipinski definition) is 0. The summed E-state index contributed by atoms with van der Waals surface area (Å²) in [6.07, 6.45) is 0.982. The maximum absolute atomic E-state index is 2.41. The average molecular weight is 683 g/mol. The number of rotatable bonds is 4. The molecule has 0 radical (unpaired) electrons. The Morgan fingerprint density at radius 3 is 1.23 bits per heavy atom. The van der Waals surface area contributed by atoms with Gasteiger partial charge in [0, 0.05) is 0 Å². The van der Waals surface area contributed by atoms with Gasteiger partial charge in [-0.3, -0.25) is 0 Å². The van der Waals surface area contributed by atoms with Crippen LogP contribution in [0.5, 0.6) is 0 Å². The second kappa shape index (κ2) is 12.5. The van der Waals surface area contributed by atoms with E-state index >= 15 is 0 Å². The van der Waals surface area contributed by atoms with Gasteiger partial charge < -0.3 is 0 Å². The summed E-state index contributed by atoms with van der Waals surface area (Å²) < 4.78 is 0. The minimum absolute atomic E-state index is 0.982. The highest BCUT2D eigenvalue weighted by Crippen LogP contribution is 2.54. The van der Waals surface area contributed by atoms with Crippen molar-refractivity contribution < 1.29 is 0 Å². The molecule has 0 fully saturated rings. The topological polar surface area (TPSA) is 0 Å². The van der Waals surface area contributed by atoms with E-state index in [2.05, 4.69) is 177 Å². The second-order valence-corrected chi connectivity index (χ2v) is 15.4. The van der Waals surface area contributed by atoms with E-state index < -0.39 is 0 Å². The first kappa shape index (κ1) is 33.1. The van der Waals surface area contributed by atoms with Crippen LogP contribution in [0.25, 0.3) is 77.2 Å². The summed E-state index contributed by atoms with van der Waals surface area (Å²) in [4.78, 5) is 0. The highest BCUT2D eigenvalue weighted by atomic mass is 14.3. The summed E-state index contributed by atoms with van der Waals surface area (Å²) >= 11 is 0. The molecule has 8 aromatic rings. The van der Waals surface area contributed by atoms with Crippen LogP contribution in [-0.4, -0.2) is 0 Å². The van der Waals surface area contributed by atoms with Gasteiger partial charge in [-0.2, -0.15) is 0 Å². The number of fused-ring (bicyclic) bond motifs is 5. The van der Waals surface area contributed by atoms with Crippen molar-refractivity contribution in [3.8, 4) is 55.6 Å². The minimum Gasteiger partial charge on any atom is -0.0622 e. The first-order chi connectivity index (χ1) is 25.7. The average Bonchev–Trinajstić information content (AvgIpc) is 3.59. The van der Waals surface area contributed by atoms with E-state index in [9.17, 15) is 0 Å². The smallest absolute Gasteiger partial charge is 0.00132 e. The Morgan fingerprint density at radius 2 is 0.660 bits per heavy atom. The van der Waals surface area contributed by atoms with Gasteiger partial charge in [0.25, 0.3) is 0 Å². The van der Waals surface area contributed by atoms with Crippen LogP contribution >= 0.6 is 0 Å². The third-order valence-corrected chi connectivity index (χ3v) is 13.0. The molecular weight excluding hydrogens is 637 g/mol. The fourth-order valence-electron chi connectivity index (χ4n) is 9.49. The van der Waals surface area contributed by atoms with Gasteiger partial charge in [0.1, 0.15) is 0 Å². The highest BCUT2D eigenvalue weighted by molar-refractivity contribution is 6.27. The van der Waals surface area contributed by atoms with E-state index in [1.165, 1.54) is 133 Å². The van der Waals surface area contributed by atoms with Gasteiger partial charge >= 0.3 is 0 Å². The number of aryl methyl sites for hydroxylation is 4. The van der Waals surface area contributed by atoms with E-state index in [-0.39, 0.29) is 0 Å². The molecule has 0 unspecified atom stereocenters. The van der Waals surface area contributed by atoms with E-state index in [0.717, 1.165) is 6.42 Å². The normalized spacial score (nSPS) is 12.1. The first-order valence-electron chi connectivity index (χ1n) is 19.1. The molecule has 53 heavy (non-hydrogen) atoms. The van der Waals surface area contributed by atoms with Gasteiger partial charge in [-0.25, -0.2) is 0 Å². The lowest BCUT2D eigenvalue weighted by atomic mass is 9.75. The van der Waals surface area contributed by atoms with Crippen LogP contribution in [0.4, 0.5) is 0 Å². The molecule has 1 aliphatic rings. The Bertz CT molecular complexity index is 2710. The van der Waals surface area contributed by atoms with Crippen LogP contribution in [0.15, 0.2) is 121 Å². The summed E-state index contributed by atoms with van der Waals surface area (Å²) in [5.74, 6) is 0. The Kier molecular flexibility index (Phi) is 7.79. The summed E-state index contributed by atoms with van der Waals surface area (Å²) in [6.45, 7) is 18.8. The molecule has 0 amide bonds. The zero-order chi connectivity index (χ0) is 36.7. The largest absolute Gasteiger partial charge is 0.0622 e. The van der Waals surface area contributed by atoms with Crippen LogP contribution in [0.3, 0.4) is 0 Å². The molecule has 0 bridgehead atoms. The van der Waals surface area contributed by atoms with Crippen LogP contribution in [0.1, 0.15) is 55.6 Å². The Hall–Kier alpha value is -5.72. The van der Waals surface area contributed by atoms with Crippen molar-refractivity contribution >= 4 is 21.5 Å². The SMILES string of the molecule is Cc1c(C)c(C)c2c(-c3cccc4c3-c3ccccc3C4)c3c(C)c(C)c(C)c(C)c3c(-c3ccccc3-c3ccc(-c4ccccc4)cc3)c2c1C. The van der Waals surface area contributed by atoms with Crippen molar-refractivity contribution in [2.45, 2.75) is 61.8 Å². The molecule has 0 saturated carbocycles. The lowest BCUT2D eigenvalue weighted by molar-refractivity contribution is 1.24. The molecule has 0 aromatic heterocycles. The van der Waals surface area contributed by atoms with Crippen molar-refractivity contribution in [1.29, 1.82) is 0 Å². The predicted molar refractivity (Wildman–Crippen MR) is 229 cm³/mol. The second-order valence-electron chi connectivity index (χ2n) is 15.4. The first-order valence-corrected chi connectivity index (χ1v) is 19.1. The van der Waals surface area contributed by atoms with Crippen LogP contribution in [-0.2, 0) is 6.42 Å². The third kappa shape index (κ3) is 4.89. The van der Waals surface area contributed by atoms with Gasteiger partial charge in [-0.1, -0.05) is 121 Å². The molecule has 0 saturated heterocycles. The van der Waals surface area contributed by atoms with Gasteiger partial charge in [0.05, 0.1) is 0 Å². The molecule has 0 atom stereocenters. The quantitative estimate of drug-likeness (QED) is 0.162. The maximum Gasteiger partial charge on any atom is -0.00132 e. The molecule has 258 valence electrons. The fourth-order valence-corrected chi connectivity index (χ4v) is 9.49. The Morgan fingerprint density at radius 1 is 0.264 bits per heavy atom. The molecule has 0 aliphatic heterocycles. The molecule has 0 spiro atoms. The van der Waals surface area contributed by atoms with Crippen LogP contribution < -0.4 is 0 Å². The van der Waals surface area contributed by atoms with Crippen LogP contribution in [0, 0.1) is 55.4 Å².